The van der Waals surface area contributed by atoms with E-state index >= 15 is 0 Å². The molecule has 0 atom stereocenters. The van der Waals surface area contributed by atoms with Crippen LogP contribution in [0.3, 0.4) is 0 Å². The molecule has 7 heteroatoms. The van der Waals surface area contributed by atoms with Crippen molar-refractivity contribution >= 4 is 22.6 Å². The van der Waals surface area contributed by atoms with Crippen LogP contribution in [0, 0.1) is 12.8 Å². The fourth-order valence-electron chi connectivity index (χ4n) is 3.53. The smallest absolute Gasteiger partial charge is 0.228 e. The molecule has 3 aromatic heterocycles. The second-order valence-corrected chi connectivity index (χ2v) is 7.07. The molecule has 4 rings (SSSR count). The van der Waals surface area contributed by atoms with Gasteiger partial charge in [0.15, 0.2) is 11.7 Å². The number of carbonyl (C=O) groups is 1. The molecule has 28 heavy (non-hydrogen) atoms. The zero-order valence-electron chi connectivity index (χ0n) is 21.5. The van der Waals surface area contributed by atoms with Crippen molar-refractivity contribution in [1.29, 1.82) is 0 Å². The van der Waals surface area contributed by atoms with E-state index in [2.05, 4.69) is 20.3 Å². The third-order valence-corrected chi connectivity index (χ3v) is 5.13. The molecule has 0 saturated heterocycles. The highest BCUT2D eigenvalue weighted by Crippen LogP contribution is 2.28. The van der Waals surface area contributed by atoms with Crippen LogP contribution in [0.1, 0.15) is 39.8 Å². The number of hydrogen-bond acceptors (Lipinski definition) is 6. The van der Waals surface area contributed by atoms with Crippen LogP contribution in [0.2, 0.25) is 0 Å². The quantitative estimate of drug-likeness (QED) is 0.738. The Morgan fingerprint density at radius 2 is 2.04 bits per heavy atom. The maximum absolute atomic E-state index is 12.8. The maximum Gasteiger partial charge on any atom is 0.228 e. The van der Waals surface area contributed by atoms with E-state index in [-0.39, 0.29) is 11.8 Å². The molecular weight excluding hydrogens is 354 g/mol. The number of nitrogens with one attached hydrogen (secondary N) is 1. The van der Waals surface area contributed by atoms with Crippen molar-refractivity contribution in [2.75, 3.05) is 19.3 Å². The molecule has 0 spiro atoms. The van der Waals surface area contributed by atoms with Gasteiger partial charge in [0.2, 0.25) is 5.91 Å². The number of hydrogen-bond donors (Lipinski definition) is 1. The zero-order valence-corrected chi connectivity index (χ0v) is 15.5. The first kappa shape index (κ1) is 12.6. The fourth-order valence-corrected chi connectivity index (χ4v) is 3.53. The molecular formula is C21H25N5O2. The lowest BCUT2D eigenvalue weighted by atomic mass is 9.85. The first-order valence-corrected chi connectivity index (χ1v) is 9.22. The molecule has 7 nitrogen and oxygen atoms in total. The fraction of sp³-hybridized carbons (Fsp3) is 0.429. The predicted octanol–water partition coefficient (Wildman–Crippen LogP) is 3.65. The molecule has 0 aliphatic heterocycles. The summed E-state index contributed by atoms with van der Waals surface area (Å²) in [6, 6.07) is 4.71. The van der Waals surface area contributed by atoms with Crippen molar-refractivity contribution in [3.05, 3.63) is 36.5 Å². The van der Waals surface area contributed by atoms with Crippen LogP contribution >= 0.6 is 0 Å². The molecule has 1 N–H and O–H groups in total. The van der Waals surface area contributed by atoms with Crippen LogP contribution in [-0.4, -0.2) is 45.8 Å². The van der Waals surface area contributed by atoms with Gasteiger partial charge in [0.25, 0.3) is 0 Å². The van der Waals surface area contributed by atoms with Crippen LogP contribution in [0.5, 0.6) is 0 Å². The van der Waals surface area contributed by atoms with Gasteiger partial charge in [0.05, 0.1) is 11.7 Å². The molecule has 0 unspecified atom stereocenters. The molecule has 146 valence electrons. The minimum absolute atomic E-state index is 0.235. The molecule has 1 aliphatic rings. The Labute approximate surface area is 172 Å². The van der Waals surface area contributed by atoms with Crippen molar-refractivity contribution in [3.63, 3.8) is 0 Å². The number of nitrogens with zero attached hydrogens (tertiary/aromatic N) is 4. The Balaban J connectivity index is 1.43. The van der Waals surface area contributed by atoms with Crippen LogP contribution in [0.25, 0.3) is 22.4 Å². The molecule has 3 aromatic rings. The Morgan fingerprint density at radius 3 is 2.75 bits per heavy atom. The summed E-state index contributed by atoms with van der Waals surface area (Å²) in [5, 5.41) is 3.61. The summed E-state index contributed by atoms with van der Waals surface area (Å²) in [7, 11) is 0. The van der Waals surface area contributed by atoms with E-state index in [1.54, 1.807) is 25.4 Å². The summed E-state index contributed by atoms with van der Waals surface area (Å²) in [4.78, 5) is 26.4. The van der Waals surface area contributed by atoms with Gasteiger partial charge in [-0.25, -0.2) is 15.0 Å². The lowest BCUT2D eigenvalue weighted by Gasteiger charge is -2.31. The maximum atomic E-state index is 12.8. The van der Waals surface area contributed by atoms with E-state index in [4.69, 9.17) is 12.6 Å². The Hall–Kier alpha value is -2.80. The third kappa shape index (κ3) is 3.89. The number of pyridine rings is 2. The number of amides is 1. The average molecular weight is 386 g/mol. The first-order chi connectivity index (χ1) is 15.9. The van der Waals surface area contributed by atoms with E-state index in [1.165, 1.54) is 0 Å². The van der Waals surface area contributed by atoms with E-state index in [9.17, 15) is 4.79 Å². The largest absolute Gasteiger partial charge is 0.439 e. The monoisotopic (exact) mass is 385 g/mol. The van der Waals surface area contributed by atoms with Crippen molar-refractivity contribution in [2.24, 2.45) is 5.92 Å². The van der Waals surface area contributed by atoms with E-state index in [0.29, 0.717) is 59.3 Å². The van der Waals surface area contributed by atoms with Crippen molar-refractivity contribution in [3.8, 4) is 11.5 Å². The van der Waals surface area contributed by atoms with E-state index < -0.39 is 20.0 Å². The molecule has 0 radical (unpaired) electrons. The standard InChI is InChI=1S/C21H25N5O2/c1-13-22-12-19(28-13)17-9-6-15-11-23-20(10-18(15)24-17)25-21(27)14-4-7-16(8-5-14)26(2)3/h6,9-12,14,16H,4-5,7-8H2,1-3H3,(H,23,25,27)/t14-,16-/i2D3,3D3. The second-order valence-electron chi connectivity index (χ2n) is 7.07. The van der Waals surface area contributed by atoms with Gasteiger partial charge in [-0.3, -0.25) is 4.79 Å². The predicted molar refractivity (Wildman–Crippen MR) is 108 cm³/mol. The van der Waals surface area contributed by atoms with E-state index in [0.717, 1.165) is 5.39 Å². The SMILES string of the molecule is [2H]C([2H])([2H])N([C@H]1CC[C@H](C(=O)Nc2cc3nc(-c4cnc(C)o4)ccc3cn2)CC1)C([2H])([2H])[2H]. The normalized spacial score (nSPS) is 23.9. The third-order valence-electron chi connectivity index (χ3n) is 5.13. The minimum atomic E-state index is -2.73. The first-order valence-electron chi connectivity index (χ1n) is 12.2. The number of fused-ring (bicyclic) bond motifs is 1. The summed E-state index contributed by atoms with van der Waals surface area (Å²) in [5.74, 6) is 0.836. The summed E-state index contributed by atoms with van der Waals surface area (Å²) < 4.78 is 51.1. The van der Waals surface area contributed by atoms with Gasteiger partial charge < -0.3 is 14.6 Å². The summed E-state index contributed by atoms with van der Waals surface area (Å²) in [5.41, 5.74) is 1.24. The number of rotatable bonds is 4. The summed E-state index contributed by atoms with van der Waals surface area (Å²) >= 11 is 0. The second kappa shape index (κ2) is 7.67. The van der Waals surface area contributed by atoms with Crippen LogP contribution in [0.4, 0.5) is 5.82 Å². The Bertz CT molecular complexity index is 1170. The van der Waals surface area contributed by atoms with Gasteiger partial charge in [-0.15, -0.1) is 0 Å². The highest BCUT2D eigenvalue weighted by molar-refractivity contribution is 5.93. The van der Waals surface area contributed by atoms with E-state index in [1.807, 2.05) is 12.1 Å². The molecule has 0 aromatic carbocycles. The average Bonchev–Trinajstić information content (AvgIpc) is 3.18. The Kier molecular flexibility index (Phi) is 3.46. The summed E-state index contributed by atoms with van der Waals surface area (Å²) in [6.45, 7) is -3.70. The van der Waals surface area contributed by atoms with Gasteiger partial charge >= 0.3 is 0 Å². The molecule has 1 fully saturated rings. The highest BCUT2D eigenvalue weighted by atomic mass is 16.4. The number of oxazole rings is 1. The number of aryl methyl sites for hydroxylation is 1. The van der Waals surface area contributed by atoms with Gasteiger partial charge in [-0.1, -0.05) is 0 Å². The summed E-state index contributed by atoms with van der Waals surface area (Å²) in [6.07, 6.45) is 4.61. The van der Waals surface area contributed by atoms with Gasteiger partial charge in [-0.05, 0) is 51.8 Å². The van der Waals surface area contributed by atoms with Crippen molar-refractivity contribution in [2.45, 2.75) is 38.6 Å². The lowest BCUT2D eigenvalue weighted by Crippen LogP contribution is -2.35. The van der Waals surface area contributed by atoms with Crippen LogP contribution < -0.4 is 5.32 Å². The minimum Gasteiger partial charge on any atom is -0.439 e. The molecule has 1 aliphatic carbocycles. The van der Waals surface area contributed by atoms with Crippen LogP contribution in [0.15, 0.2) is 35.0 Å². The van der Waals surface area contributed by atoms with Gasteiger partial charge in [0, 0.05) is 44.8 Å². The zero-order chi connectivity index (χ0) is 24.7. The van der Waals surface area contributed by atoms with Gasteiger partial charge in [0.1, 0.15) is 11.5 Å². The van der Waals surface area contributed by atoms with Crippen molar-refractivity contribution in [1.82, 2.24) is 19.9 Å². The number of aromatic nitrogens is 3. The van der Waals surface area contributed by atoms with Gasteiger partial charge in [-0.2, -0.15) is 0 Å². The molecule has 3 heterocycles. The van der Waals surface area contributed by atoms with Crippen molar-refractivity contribution < 1.29 is 17.4 Å². The lowest BCUT2D eigenvalue weighted by molar-refractivity contribution is -0.121. The number of anilines is 1. The molecule has 1 saturated carbocycles. The molecule has 0 bridgehead atoms. The van der Waals surface area contributed by atoms with Crippen LogP contribution in [-0.2, 0) is 4.79 Å². The Morgan fingerprint density at radius 1 is 1.21 bits per heavy atom. The molecule has 1 amide bonds. The topological polar surface area (TPSA) is 84.2 Å². The highest BCUT2D eigenvalue weighted by Gasteiger charge is 2.27. The number of carbonyl (C=O) groups excluding carboxylic acids is 1.